The summed E-state index contributed by atoms with van der Waals surface area (Å²) in [5.41, 5.74) is 1.22. The number of nitrogens with one attached hydrogen (secondary N) is 2. The van der Waals surface area contributed by atoms with Gasteiger partial charge in [-0.2, -0.15) is 4.98 Å². The van der Waals surface area contributed by atoms with Crippen LogP contribution in [0.4, 0.5) is 21.8 Å². The Morgan fingerprint density at radius 3 is 2.79 bits per heavy atom. The van der Waals surface area contributed by atoms with Gasteiger partial charge in [0, 0.05) is 37.9 Å². The van der Waals surface area contributed by atoms with Crippen LogP contribution in [0, 0.1) is 12.7 Å². The molecule has 3 rings (SSSR count). The SMILES string of the molecule is Cc1cc(Nc2ccccc2F)nc(NCCN2CCOCC2)n1. The number of anilines is 3. The molecule has 2 heterocycles. The Balaban J connectivity index is 1.60. The maximum Gasteiger partial charge on any atom is 0.224 e. The molecule has 24 heavy (non-hydrogen) atoms. The molecule has 6 nitrogen and oxygen atoms in total. The molecule has 0 unspecified atom stereocenters. The molecule has 0 bridgehead atoms. The van der Waals surface area contributed by atoms with E-state index in [0.717, 1.165) is 45.1 Å². The maximum absolute atomic E-state index is 13.7. The quantitative estimate of drug-likeness (QED) is 0.848. The van der Waals surface area contributed by atoms with Crippen molar-refractivity contribution in [3.05, 3.63) is 41.8 Å². The number of halogens is 1. The molecule has 2 aromatic rings. The van der Waals surface area contributed by atoms with Crippen LogP contribution >= 0.6 is 0 Å². The second-order valence-corrected chi connectivity index (χ2v) is 5.70. The van der Waals surface area contributed by atoms with E-state index in [-0.39, 0.29) is 5.82 Å². The van der Waals surface area contributed by atoms with Crippen molar-refractivity contribution in [3.8, 4) is 0 Å². The molecule has 0 spiro atoms. The summed E-state index contributed by atoms with van der Waals surface area (Å²) in [6.45, 7) is 7.04. The monoisotopic (exact) mass is 331 g/mol. The summed E-state index contributed by atoms with van der Waals surface area (Å²) in [5, 5.41) is 6.24. The molecule has 0 atom stereocenters. The number of morpholine rings is 1. The van der Waals surface area contributed by atoms with Crippen LogP contribution in [-0.2, 0) is 4.74 Å². The second-order valence-electron chi connectivity index (χ2n) is 5.70. The largest absolute Gasteiger partial charge is 0.379 e. The van der Waals surface area contributed by atoms with Crippen molar-refractivity contribution >= 4 is 17.5 Å². The predicted molar refractivity (Wildman–Crippen MR) is 92.2 cm³/mol. The average Bonchev–Trinajstić information content (AvgIpc) is 2.57. The highest BCUT2D eigenvalue weighted by atomic mass is 19.1. The zero-order valence-electron chi connectivity index (χ0n) is 13.8. The topological polar surface area (TPSA) is 62.3 Å². The van der Waals surface area contributed by atoms with Crippen molar-refractivity contribution in [1.29, 1.82) is 0 Å². The smallest absolute Gasteiger partial charge is 0.224 e. The molecular formula is C17H22FN5O. The molecule has 0 aliphatic carbocycles. The van der Waals surface area contributed by atoms with Gasteiger partial charge in [0.15, 0.2) is 0 Å². The Bertz CT molecular complexity index is 676. The Kier molecular flexibility index (Phi) is 5.55. The maximum atomic E-state index is 13.7. The third-order valence-electron chi connectivity index (χ3n) is 3.81. The number of hydrogen-bond donors (Lipinski definition) is 2. The van der Waals surface area contributed by atoms with Gasteiger partial charge < -0.3 is 15.4 Å². The molecule has 0 saturated carbocycles. The van der Waals surface area contributed by atoms with E-state index in [0.29, 0.717) is 17.5 Å². The molecule has 1 fully saturated rings. The van der Waals surface area contributed by atoms with Crippen LogP contribution < -0.4 is 10.6 Å². The summed E-state index contributed by atoms with van der Waals surface area (Å²) in [5.74, 6) is 0.805. The van der Waals surface area contributed by atoms with Gasteiger partial charge in [-0.1, -0.05) is 12.1 Å². The molecule has 1 aliphatic heterocycles. The lowest BCUT2D eigenvalue weighted by atomic mass is 10.3. The first-order chi connectivity index (χ1) is 11.7. The van der Waals surface area contributed by atoms with Gasteiger partial charge in [0.2, 0.25) is 5.95 Å². The van der Waals surface area contributed by atoms with E-state index in [1.54, 1.807) is 24.3 Å². The summed E-state index contributed by atoms with van der Waals surface area (Å²) >= 11 is 0. The van der Waals surface area contributed by atoms with Crippen molar-refractivity contribution < 1.29 is 9.13 Å². The molecule has 7 heteroatoms. The molecule has 1 aromatic carbocycles. The number of aromatic nitrogens is 2. The lowest BCUT2D eigenvalue weighted by Crippen LogP contribution is -2.39. The standard InChI is InChI=1S/C17H22FN5O/c1-13-12-16(21-15-5-3-2-4-14(15)18)22-17(20-13)19-6-7-23-8-10-24-11-9-23/h2-5,12H,6-11H2,1H3,(H2,19,20,21,22). The van der Waals surface area contributed by atoms with Crippen LogP contribution in [0.5, 0.6) is 0 Å². The zero-order valence-corrected chi connectivity index (χ0v) is 13.8. The van der Waals surface area contributed by atoms with Crippen LogP contribution in [0.3, 0.4) is 0 Å². The molecule has 0 amide bonds. The summed E-state index contributed by atoms with van der Waals surface area (Å²) in [6, 6.07) is 8.32. The van der Waals surface area contributed by atoms with Crippen molar-refractivity contribution in [1.82, 2.24) is 14.9 Å². The second kappa shape index (κ2) is 8.03. The number of benzene rings is 1. The third-order valence-corrected chi connectivity index (χ3v) is 3.81. The van der Waals surface area contributed by atoms with Gasteiger partial charge in [0.05, 0.1) is 18.9 Å². The summed E-state index contributed by atoms with van der Waals surface area (Å²) in [7, 11) is 0. The van der Waals surface area contributed by atoms with Crippen LogP contribution in [-0.4, -0.2) is 54.3 Å². The minimum absolute atomic E-state index is 0.310. The highest BCUT2D eigenvalue weighted by molar-refractivity contribution is 5.58. The first-order valence-corrected chi connectivity index (χ1v) is 8.12. The molecule has 0 radical (unpaired) electrons. The third kappa shape index (κ3) is 4.62. The molecule has 1 aliphatic rings. The Morgan fingerprint density at radius 2 is 2.00 bits per heavy atom. The molecule has 2 N–H and O–H groups in total. The van der Waals surface area contributed by atoms with Crippen LogP contribution in [0.1, 0.15) is 5.69 Å². The Hall–Kier alpha value is -2.25. The first kappa shape index (κ1) is 16.6. The number of nitrogens with zero attached hydrogens (tertiary/aromatic N) is 3. The zero-order chi connectivity index (χ0) is 16.8. The van der Waals surface area contributed by atoms with Gasteiger partial charge in [-0.05, 0) is 19.1 Å². The van der Waals surface area contributed by atoms with E-state index in [2.05, 4.69) is 25.5 Å². The highest BCUT2D eigenvalue weighted by Crippen LogP contribution is 2.19. The fraction of sp³-hybridized carbons (Fsp3) is 0.412. The van der Waals surface area contributed by atoms with E-state index in [1.165, 1.54) is 6.07 Å². The van der Waals surface area contributed by atoms with Gasteiger partial charge in [-0.3, -0.25) is 4.90 Å². The van der Waals surface area contributed by atoms with E-state index in [9.17, 15) is 4.39 Å². The van der Waals surface area contributed by atoms with Crippen molar-refractivity contribution in [2.45, 2.75) is 6.92 Å². The summed E-state index contributed by atoms with van der Waals surface area (Å²) in [4.78, 5) is 11.1. The minimum Gasteiger partial charge on any atom is -0.379 e. The summed E-state index contributed by atoms with van der Waals surface area (Å²) < 4.78 is 19.1. The summed E-state index contributed by atoms with van der Waals surface area (Å²) in [6.07, 6.45) is 0. The normalized spacial score (nSPS) is 15.2. The number of hydrogen-bond acceptors (Lipinski definition) is 6. The van der Waals surface area contributed by atoms with Gasteiger partial charge in [0.1, 0.15) is 11.6 Å². The number of para-hydroxylation sites is 1. The fourth-order valence-electron chi connectivity index (χ4n) is 2.56. The molecule has 1 aromatic heterocycles. The van der Waals surface area contributed by atoms with Crippen LogP contribution in [0.25, 0.3) is 0 Å². The van der Waals surface area contributed by atoms with Gasteiger partial charge in [-0.15, -0.1) is 0 Å². The minimum atomic E-state index is -0.310. The molecule has 1 saturated heterocycles. The average molecular weight is 331 g/mol. The lowest BCUT2D eigenvalue weighted by molar-refractivity contribution is 0.0398. The van der Waals surface area contributed by atoms with E-state index < -0.39 is 0 Å². The van der Waals surface area contributed by atoms with Gasteiger partial charge in [-0.25, -0.2) is 9.37 Å². The Morgan fingerprint density at radius 1 is 1.21 bits per heavy atom. The van der Waals surface area contributed by atoms with E-state index >= 15 is 0 Å². The van der Waals surface area contributed by atoms with Crippen LogP contribution in [0.15, 0.2) is 30.3 Å². The van der Waals surface area contributed by atoms with Crippen LogP contribution in [0.2, 0.25) is 0 Å². The predicted octanol–water partition coefficient (Wildman–Crippen LogP) is 2.41. The number of aryl methyl sites for hydroxylation is 1. The van der Waals surface area contributed by atoms with Gasteiger partial charge in [0.25, 0.3) is 0 Å². The van der Waals surface area contributed by atoms with Crippen molar-refractivity contribution in [2.24, 2.45) is 0 Å². The lowest BCUT2D eigenvalue weighted by Gasteiger charge is -2.26. The first-order valence-electron chi connectivity index (χ1n) is 8.12. The number of rotatable bonds is 6. The van der Waals surface area contributed by atoms with Gasteiger partial charge >= 0.3 is 0 Å². The number of ether oxygens (including phenoxy) is 1. The highest BCUT2D eigenvalue weighted by Gasteiger charge is 2.10. The molecule has 128 valence electrons. The fourth-order valence-corrected chi connectivity index (χ4v) is 2.56. The van der Waals surface area contributed by atoms with Crippen molar-refractivity contribution in [2.75, 3.05) is 50.0 Å². The van der Waals surface area contributed by atoms with Crippen molar-refractivity contribution in [3.63, 3.8) is 0 Å². The van der Waals surface area contributed by atoms with E-state index in [4.69, 9.17) is 4.74 Å². The Labute approximate surface area is 141 Å². The molecular weight excluding hydrogens is 309 g/mol. The van der Waals surface area contributed by atoms with E-state index in [1.807, 2.05) is 6.92 Å².